The molecule has 0 heterocycles. The number of halogens is 2. The Morgan fingerprint density at radius 3 is 2.39 bits per heavy atom. The van der Waals surface area contributed by atoms with Crippen LogP contribution in [-0.2, 0) is 4.79 Å². The Morgan fingerprint density at radius 1 is 1.11 bits per heavy atom. The highest BCUT2D eigenvalue weighted by Crippen LogP contribution is 2.21. The SMILES string of the molecule is O=C(NC1C(=O)C=C(Cl)C=C1Cl)c1ccccc1. The molecule has 1 aromatic carbocycles. The van der Waals surface area contributed by atoms with Crippen molar-refractivity contribution in [3.8, 4) is 0 Å². The Bertz CT molecular complexity index is 549. The third-order valence-corrected chi connectivity index (χ3v) is 2.97. The van der Waals surface area contributed by atoms with Gasteiger partial charge in [-0.05, 0) is 18.2 Å². The second kappa shape index (κ2) is 5.38. The van der Waals surface area contributed by atoms with Crippen LogP contribution in [0.25, 0.3) is 0 Å². The number of ketones is 1. The first kappa shape index (κ1) is 12.9. The fraction of sp³-hybridized carbons (Fsp3) is 0.0769. The highest BCUT2D eigenvalue weighted by Gasteiger charge is 2.26. The molecule has 0 saturated carbocycles. The predicted octanol–water partition coefficient (Wildman–Crippen LogP) is 2.61. The third kappa shape index (κ3) is 2.81. The summed E-state index contributed by atoms with van der Waals surface area (Å²) in [6.45, 7) is 0. The van der Waals surface area contributed by atoms with E-state index in [1.807, 2.05) is 0 Å². The van der Waals surface area contributed by atoms with Crippen LogP contribution in [-0.4, -0.2) is 17.7 Å². The number of carbonyl (C=O) groups is 2. The van der Waals surface area contributed by atoms with Crippen LogP contribution in [0.4, 0.5) is 0 Å². The van der Waals surface area contributed by atoms with Crippen LogP contribution in [0, 0.1) is 0 Å². The Kier molecular flexibility index (Phi) is 3.84. The van der Waals surface area contributed by atoms with Gasteiger partial charge in [-0.3, -0.25) is 9.59 Å². The van der Waals surface area contributed by atoms with Gasteiger partial charge in [0, 0.05) is 21.7 Å². The molecule has 0 aliphatic heterocycles. The van der Waals surface area contributed by atoms with Gasteiger partial charge in [0.15, 0.2) is 5.78 Å². The molecule has 5 heteroatoms. The topological polar surface area (TPSA) is 46.2 Å². The monoisotopic (exact) mass is 281 g/mol. The lowest BCUT2D eigenvalue weighted by atomic mass is 10.1. The highest BCUT2D eigenvalue weighted by molar-refractivity contribution is 6.39. The summed E-state index contributed by atoms with van der Waals surface area (Å²) in [5.41, 5.74) is 0.468. The van der Waals surface area contributed by atoms with E-state index in [4.69, 9.17) is 23.2 Å². The summed E-state index contributed by atoms with van der Waals surface area (Å²) in [6, 6.07) is 7.74. The van der Waals surface area contributed by atoms with Gasteiger partial charge in [0.25, 0.3) is 5.91 Å². The average molecular weight is 282 g/mol. The average Bonchev–Trinajstić information content (AvgIpc) is 2.34. The van der Waals surface area contributed by atoms with Crippen LogP contribution in [0.3, 0.4) is 0 Å². The summed E-state index contributed by atoms with van der Waals surface area (Å²) in [5, 5.41) is 3.03. The van der Waals surface area contributed by atoms with Crippen molar-refractivity contribution in [1.29, 1.82) is 0 Å². The Balaban J connectivity index is 2.14. The van der Waals surface area contributed by atoms with E-state index in [2.05, 4.69) is 5.32 Å². The first-order valence-electron chi connectivity index (χ1n) is 5.22. The van der Waals surface area contributed by atoms with Gasteiger partial charge in [0.1, 0.15) is 6.04 Å². The molecule has 1 atom stereocenters. The zero-order chi connectivity index (χ0) is 13.1. The Morgan fingerprint density at radius 2 is 1.78 bits per heavy atom. The van der Waals surface area contributed by atoms with Gasteiger partial charge >= 0.3 is 0 Å². The maximum absolute atomic E-state index is 11.9. The maximum atomic E-state index is 11.9. The molecule has 1 N–H and O–H groups in total. The number of nitrogens with one attached hydrogen (secondary N) is 1. The summed E-state index contributed by atoms with van der Waals surface area (Å²) in [6.07, 6.45) is 2.68. The second-order valence-corrected chi connectivity index (χ2v) is 4.61. The van der Waals surface area contributed by atoms with Crippen molar-refractivity contribution in [3.05, 3.63) is 58.1 Å². The van der Waals surface area contributed by atoms with Gasteiger partial charge in [-0.15, -0.1) is 0 Å². The van der Waals surface area contributed by atoms with Crippen LogP contribution in [0.15, 0.2) is 52.5 Å². The second-order valence-electron chi connectivity index (χ2n) is 3.73. The lowest BCUT2D eigenvalue weighted by Gasteiger charge is -2.18. The van der Waals surface area contributed by atoms with Crippen molar-refractivity contribution in [2.45, 2.75) is 6.04 Å². The number of amides is 1. The van der Waals surface area contributed by atoms with E-state index in [1.165, 1.54) is 12.2 Å². The summed E-state index contributed by atoms with van der Waals surface area (Å²) in [4.78, 5) is 23.6. The molecular weight excluding hydrogens is 273 g/mol. The van der Waals surface area contributed by atoms with Crippen LogP contribution >= 0.6 is 23.2 Å². The normalized spacial score (nSPS) is 19.0. The first-order chi connectivity index (χ1) is 8.58. The molecular formula is C13H9Cl2NO2. The van der Waals surface area contributed by atoms with E-state index in [0.717, 1.165) is 0 Å². The van der Waals surface area contributed by atoms with Crippen molar-refractivity contribution in [1.82, 2.24) is 5.32 Å². The van der Waals surface area contributed by atoms with E-state index in [-0.39, 0.29) is 21.8 Å². The van der Waals surface area contributed by atoms with E-state index in [1.54, 1.807) is 30.3 Å². The van der Waals surface area contributed by atoms with Gasteiger partial charge in [-0.25, -0.2) is 0 Å². The summed E-state index contributed by atoms with van der Waals surface area (Å²) < 4.78 is 0. The fourth-order valence-electron chi connectivity index (χ4n) is 1.56. The Labute approximate surface area is 114 Å². The molecule has 1 aromatic rings. The molecule has 0 spiro atoms. The molecule has 0 aromatic heterocycles. The summed E-state index contributed by atoms with van der Waals surface area (Å²) >= 11 is 11.6. The molecule has 3 nitrogen and oxygen atoms in total. The van der Waals surface area contributed by atoms with Gasteiger partial charge < -0.3 is 5.32 Å². The van der Waals surface area contributed by atoms with Gasteiger partial charge in [0.05, 0.1) is 0 Å². The van der Waals surface area contributed by atoms with Gasteiger partial charge in [-0.1, -0.05) is 41.4 Å². The molecule has 1 unspecified atom stereocenters. The minimum Gasteiger partial charge on any atom is -0.337 e. The molecule has 0 radical (unpaired) electrons. The van der Waals surface area contributed by atoms with Crippen LogP contribution < -0.4 is 5.32 Å². The number of benzene rings is 1. The molecule has 1 aliphatic rings. The van der Waals surface area contributed by atoms with E-state index in [0.29, 0.717) is 5.56 Å². The highest BCUT2D eigenvalue weighted by atomic mass is 35.5. The number of hydrogen-bond donors (Lipinski definition) is 1. The van der Waals surface area contributed by atoms with Crippen LogP contribution in [0.2, 0.25) is 0 Å². The van der Waals surface area contributed by atoms with Crippen molar-refractivity contribution >= 4 is 34.9 Å². The minimum atomic E-state index is -0.859. The van der Waals surface area contributed by atoms with Gasteiger partial charge in [0.2, 0.25) is 0 Å². The van der Waals surface area contributed by atoms with Crippen LogP contribution in [0.5, 0.6) is 0 Å². The van der Waals surface area contributed by atoms with E-state index >= 15 is 0 Å². The molecule has 2 rings (SSSR count). The maximum Gasteiger partial charge on any atom is 0.252 e. The van der Waals surface area contributed by atoms with Crippen LogP contribution in [0.1, 0.15) is 10.4 Å². The van der Waals surface area contributed by atoms with Crippen molar-refractivity contribution in [3.63, 3.8) is 0 Å². The smallest absolute Gasteiger partial charge is 0.252 e. The third-order valence-electron chi connectivity index (χ3n) is 2.43. The molecule has 0 saturated heterocycles. The number of rotatable bonds is 2. The molecule has 18 heavy (non-hydrogen) atoms. The summed E-state index contributed by atoms with van der Waals surface area (Å²) in [7, 11) is 0. The zero-order valence-electron chi connectivity index (χ0n) is 9.19. The Hall–Kier alpha value is -1.58. The zero-order valence-corrected chi connectivity index (χ0v) is 10.7. The molecule has 1 aliphatic carbocycles. The van der Waals surface area contributed by atoms with E-state index in [9.17, 15) is 9.59 Å². The number of allylic oxidation sites excluding steroid dienone is 2. The molecule has 1 amide bonds. The fourth-order valence-corrected chi connectivity index (χ4v) is 2.12. The lowest BCUT2D eigenvalue weighted by Crippen LogP contribution is -2.41. The molecule has 92 valence electrons. The van der Waals surface area contributed by atoms with E-state index < -0.39 is 6.04 Å². The van der Waals surface area contributed by atoms with Crippen molar-refractivity contribution in [2.75, 3.05) is 0 Å². The molecule has 0 bridgehead atoms. The largest absolute Gasteiger partial charge is 0.337 e. The number of carbonyl (C=O) groups excluding carboxylic acids is 2. The number of hydrogen-bond acceptors (Lipinski definition) is 2. The summed E-state index contributed by atoms with van der Waals surface area (Å²) in [5.74, 6) is -0.691. The standard InChI is InChI=1S/C13H9Cl2NO2/c14-9-6-10(15)12(11(17)7-9)16-13(18)8-4-2-1-3-5-8/h1-7,12H,(H,16,18). The van der Waals surface area contributed by atoms with Crippen molar-refractivity contribution in [2.24, 2.45) is 0 Å². The van der Waals surface area contributed by atoms with Gasteiger partial charge in [-0.2, -0.15) is 0 Å². The lowest BCUT2D eigenvalue weighted by molar-refractivity contribution is -0.115. The quantitative estimate of drug-likeness (QED) is 0.906. The minimum absolute atomic E-state index is 0.205. The first-order valence-corrected chi connectivity index (χ1v) is 5.97. The predicted molar refractivity (Wildman–Crippen MR) is 70.6 cm³/mol. The van der Waals surface area contributed by atoms with Crippen molar-refractivity contribution < 1.29 is 9.59 Å². The molecule has 0 fully saturated rings.